The quantitative estimate of drug-likeness (QED) is 0.798. The van der Waals surface area contributed by atoms with Crippen molar-refractivity contribution in [3.05, 3.63) is 24.3 Å². The molecule has 2 unspecified atom stereocenters. The minimum Gasteiger partial charge on any atom is -0.497 e. The summed E-state index contributed by atoms with van der Waals surface area (Å²) in [6.07, 6.45) is 0. The third-order valence-corrected chi connectivity index (χ3v) is 4.06. The number of nitrogens with one attached hydrogen (secondary N) is 1. The van der Waals surface area contributed by atoms with Gasteiger partial charge in [-0.05, 0) is 31.2 Å². The van der Waals surface area contributed by atoms with Gasteiger partial charge in [-0.2, -0.15) is 0 Å². The summed E-state index contributed by atoms with van der Waals surface area (Å²) in [5.74, 6) is 0.400. The van der Waals surface area contributed by atoms with E-state index in [-0.39, 0.29) is 16.9 Å². The topological polar surface area (TPSA) is 81.4 Å². The van der Waals surface area contributed by atoms with Crippen LogP contribution in [-0.2, 0) is 15.6 Å². The van der Waals surface area contributed by atoms with Crippen LogP contribution in [0.1, 0.15) is 6.92 Å². The highest BCUT2D eigenvalue weighted by atomic mass is 32.2. The van der Waals surface area contributed by atoms with E-state index in [9.17, 15) is 9.00 Å². The smallest absolute Gasteiger partial charge is 0.237 e. The molecule has 18 heavy (non-hydrogen) atoms. The van der Waals surface area contributed by atoms with Gasteiger partial charge in [0.15, 0.2) is 0 Å². The Bertz CT molecular complexity index is 420. The zero-order chi connectivity index (χ0) is 13.5. The number of carbonyl (C=O) groups excluding carboxylic acids is 1. The van der Waals surface area contributed by atoms with Gasteiger partial charge in [0.2, 0.25) is 5.91 Å². The van der Waals surface area contributed by atoms with E-state index in [1.54, 1.807) is 38.3 Å². The maximum Gasteiger partial charge on any atom is 0.237 e. The van der Waals surface area contributed by atoms with Gasteiger partial charge >= 0.3 is 0 Å². The summed E-state index contributed by atoms with van der Waals surface area (Å²) in [4.78, 5) is 11.6. The van der Waals surface area contributed by atoms with Crippen molar-refractivity contribution in [1.82, 2.24) is 0 Å². The van der Waals surface area contributed by atoms with Crippen LogP contribution in [0, 0.1) is 0 Å². The molecule has 100 valence electrons. The molecule has 0 spiro atoms. The number of carbonyl (C=O) groups is 1. The van der Waals surface area contributed by atoms with E-state index in [1.807, 2.05) is 0 Å². The first-order valence-electron chi connectivity index (χ1n) is 5.58. The molecule has 0 aromatic heterocycles. The number of amides is 1. The summed E-state index contributed by atoms with van der Waals surface area (Å²) < 4.78 is 16.6. The predicted octanol–water partition coefficient (Wildman–Crippen LogP) is 0.730. The molecule has 3 N–H and O–H groups in total. The van der Waals surface area contributed by atoms with Crippen molar-refractivity contribution in [1.29, 1.82) is 0 Å². The maximum atomic E-state index is 11.6. The van der Waals surface area contributed by atoms with Gasteiger partial charge in [0.05, 0.1) is 7.11 Å². The van der Waals surface area contributed by atoms with Crippen molar-refractivity contribution >= 4 is 22.4 Å². The molecule has 6 heteroatoms. The first kappa shape index (κ1) is 14.7. The maximum absolute atomic E-state index is 11.6. The van der Waals surface area contributed by atoms with Gasteiger partial charge in [0, 0.05) is 28.3 Å². The van der Waals surface area contributed by atoms with Gasteiger partial charge in [-0.25, -0.2) is 0 Å². The van der Waals surface area contributed by atoms with Crippen LogP contribution < -0.4 is 15.8 Å². The summed E-state index contributed by atoms with van der Waals surface area (Å²) in [5, 5.41) is 2.50. The Labute approximate surface area is 109 Å². The van der Waals surface area contributed by atoms with Crippen molar-refractivity contribution in [2.75, 3.05) is 24.7 Å². The average Bonchev–Trinajstić information content (AvgIpc) is 2.38. The molecule has 1 amide bonds. The third kappa shape index (κ3) is 4.46. The molecule has 0 saturated heterocycles. The molecule has 1 aromatic carbocycles. The average molecular weight is 270 g/mol. The van der Waals surface area contributed by atoms with Gasteiger partial charge < -0.3 is 15.8 Å². The van der Waals surface area contributed by atoms with E-state index in [0.717, 1.165) is 0 Å². The number of nitrogens with two attached hydrogens (primary N) is 1. The van der Waals surface area contributed by atoms with Crippen LogP contribution in [0.4, 0.5) is 5.69 Å². The van der Waals surface area contributed by atoms with Gasteiger partial charge in [-0.1, -0.05) is 0 Å². The molecule has 1 aromatic rings. The Morgan fingerprint density at radius 2 is 2.06 bits per heavy atom. The molecular formula is C12H18N2O3S. The highest BCUT2D eigenvalue weighted by molar-refractivity contribution is 7.86. The number of hydrogen-bond acceptors (Lipinski definition) is 4. The standard InChI is InChI=1S/C12H18N2O3S/c1-9(7-13)18(16)8-12(15)14-10-3-5-11(17-2)6-4-10/h3-6,9H,7-8,13H2,1-2H3,(H,14,15). The molecule has 0 radical (unpaired) electrons. The summed E-state index contributed by atoms with van der Waals surface area (Å²) in [7, 11) is 0.338. The number of ether oxygens (including phenoxy) is 1. The first-order chi connectivity index (χ1) is 8.56. The predicted molar refractivity (Wildman–Crippen MR) is 73.1 cm³/mol. The number of rotatable bonds is 6. The Morgan fingerprint density at radius 1 is 1.44 bits per heavy atom. The van der Waals surface area contributed by atoms with E-state index < -0.39 is 10.8 Å². The minimum atomic E-state index is -1.24. The number of methoxy groups -OCH3 is 1. The van der Waals surface area contributed by atoms with E-state index in [1.165, 1.54) is 0 Å². The molecule has 0 heterocycles. The molecule has 0 saturated carbocycles. The lowest BCUT2D eigenvalue weighted by atomic mass is 10.3. The van der Waals surface area contributed by atoms with Crippen molar-refractivity contribution in [2.24, 2.45) is 5.73 Å². The Balaban J connectivity index is 2.51. The van der Waals surface area contributed by atoms with E-state index in [2.05, 4.69) is 5.32 Å². The zero-order valence-corrected chi connectivity index (χ0v) is 11.3. The summed E-state index contributed by atoms with van der Waals surface area (Å²) in [6, 6.07) is 6.95. The van der Waals surface area contributed by atoms with Crippen molar-refractivity contribution in [2.45, 2.75) is 12.2 Å². The van der Waals surface area contributed by atoms with E-state index in [4.69, 9.17) is 10.5 Å². The fourth-order valence-corrected chi connectivity index (χ4v) is 2.08. The Morgan fingerprint density at radius 3 is 2.56 bits per heavy atom. The minimum absolute atomic E-state index is 0.0373. The van der Waals surface area contributed by atoms with Gasteiger partial charge in [-0.3, -0.25) is 9.00 Å². The van der Waals surface area contributed by atoms with E-state index >= 15 is 0 Å². The molecule has 0 fully saturated rings. The normalized spacial score (nSPS) is 13.7. The van der Waals surface area contributed by atoms with E-state index in [0.29, 0.717) is 18.0 Å². The molecule has 0 bridgehead atoms. The number of anilines is 1. The van der Waals surface area contributed by atoms with Crippen LogP contribution in [0.2, 0.25) is 0 Å². The van der Waals surface area contributed by atoms with Crippen LogP contribution in [0.25, 0.3) is 0 Å². The van der Waals surface area contributed by atoms with Gasteiger partial charge in [-0.15, -0.1) is 0 Å². The van der Waals surface area contributed by atoms with Gasteiger partial charge in [0.25, 0.3) is 0 Å². The van der Waals surface area contributed by atoms with Crippen molar-refractivity contribution in [3.8, 4) is 5.75 Å². The Kier molecular flexibility index (Phi) is 5.80. The highest BCUT2D eigenvalue weighted by Gasteiger charge is 2.13. The van der Waals surface area contributed by atoms with Crippen LogP contribution in [0.5, 0.6) is 5.75 Å². The van der Waals surface area contributed by atoms with Crippen LogP contribution in [-0.4, -0.2) is 34.8 Å². The summed E-state index contributed by atoms with van der Waals surface area (Å²) in [6.45, 7) is 2.07. The largest absolute Gasteiger partial charge is 0.497 e. The monoisotopic (exact) mass is 270 g/mol. The second kappa shape index (κ2) is 7.13. The van der Waals surface area contributed by atoms with Crippen LogP contribution >= 0.6 is 0 Å². The molecule has 2 atom stereocenters. The highest BCUT2D eigenvalue weighted by Crippen LogP contribution is 2.14. The fraction of sp³-hybridized carbons (Fsp3) is 0.417. The van der Waals surface area contributed by atoms with Crippen LogP contribution in [0.3, 0.4) is 0 Å². The second-order valence-corrected chi connectivity index (χ2v) is 5.70. The first-order valence-corrected chi connectivity index (χ1v) is 6.96. The van der Waals surface area contributed by atoms with Crippen LogP contribution in [0.15, 0.2) is 24.3 Å². The van der Waals surface area contributed by atoms with Gasteiger partial charge in [0.1, 0.15) is 11.5 Å². The summed E-state index contributed by atoms with van der Waals surface area (Å²) >= 11 is 0. The second-order valence-electron chi connectivity index (χ2n) is 3.85. The zero-order valence-electron chi connectivity index (χ0n) is 10.5. The molecule has 1 rings (SSSR count). The number of benzene rings is 1. The fourth-order valence-electron chi connectivity index (χ4n) is 1.25. The lowest BCUT2D eigenvalue weighted by Crippen LogP contribution is -2.29. The Hall–Kier alpha value is -1.40. The number of hydrogen-bond donors (Lipinski definition) is 2. The lowest BCUT2D eigenvalue weighted by molar-refractivity contribution is -0.113. The molecule has 0 aliphatic rings. The molecule has 5 nitrogen and oxygen atoms in total. The molecule has 0 aliphatic heterocycles. The molecular weight excluding hydrogens is 252 g/mol. The van der Waals surface area contributed by atoms with Crippen molar-refractivity contribution in [3.63, 3.8) is 0 Å². The molecule has 0 aliphatic carbocycles. The SMILES string of the molecule is COc1ccc(NC(=O)CS(=O)C(C)CN)cc1. The lowest BCUT2D eigenvalue weighted by Gasteiger charge is -2.09. The van der Waals surface area contributed by atoms with Crippen molar-refractivity contribution < 1.29 is 13.7 Å². The third-order valence-electron chi connectivity index (χ3n) is 2.43. The summed E-state index contributed by atoms with van der Waals surface area (Å²) in [5.41, 5.74) is 6.05.